The van der Waals surface area contributed by atoms with Gasteiger partial charge in [0.15, 0.2) is 5.52 Å². The van der Waals surface area contributed by atoms with Crippen molar-refractivity contribution in [1.82, 2.24) is 29.3 Å². The van der Waals surface area contributed by atoms with E-state index in [1.807, 2.05) is 13.2 Å². The maximum Gasteiger partial charge on any atom is 0.279 e. The fourth-order valence-electron chi connectivity index (χ4n) is 4.19. The van der Waals surface area contributed by atoms with E-state index in [0.29, 0.717) is 31.1 Å². The van der Waals surface area contributed by atoms with Gasteiger partial charge in [0.2, 0.25) is 0 Å². The summed E-state index contributed by atoms with van der Waals surface area (Å²) < 4.78 is 24.0. The molecule has 0 saturated carbocycles. The molecule has 1 aliphatic rings. The number of fused-ring (bicyclic) bond motifs is 1. The lowest BCUT2D eigenvalue weighted by Gasteiger charge is -2.28. The van der Waals surface area contributed by atoms with Crippen LogP contribution in [0.15, 0.2) is 35.4 Å². The molecule has 0 bridgehead atoms. The van der Waals surface area contributed by atoms with Gasteiger partial charge >= 0.3 is 0 Å². The van der Waals surface area contributed by atoms with Gasteiger partial charge in [0.25, 0.3) is 5.56 Å². The molecule has 4 aromatic rings. The van der Waals surface area contributed by atoms with Crippen LogP contribution in [0.4, 0.5) is 4.39 Å². The first kappa shape index (κ1) is 21.7. The normalized spacial score (nSPS) is 18.7. The lowest BCUT2D eigenvalue weighted by Crippen LogP contribution is -2.25. The van der Waals surface area contributed by atoms with E-state index in [1.54, 1.807) is 37.0 Å². The number of ether oxygens (including phenoxy) is 1. The van der Waals surface area contributed by atoms with Crippen molar-refractivity contribution < 1.29 is 9.13 Å². The Morgan fingerprint density at radius 1 is 1.18 bits per heavy atom. The Balaban J connectivity index is 1.67. The minimum absolute atomic E-state index is 0.0755. The van der Waals surface area contributed by atoms with E-state index in [2.05, 4.69) is 15.1 Å². The molecule has 0 radical (unpaired) electrons. The molecule has 1 aliphatic heterocycles. The maximum atomic E-state index is 14.9. The number of benzene rings is 1. The lowest BCUT2D eigenvalue weighted by molar-refractivity contribution is 0.00398. The molecule has 0 spiro atoms. The van der Waals surface area contributed by atoms with E-state index in [4.69, 9.17) is 21.3 Å². The van der Waals surface area contributed by atoms with Crippen LogP contribution in [-0.4, -0.2) is 35.9 Å². The van der Waals surface area contributed by atoms with E-state index >= 15 is 0 Å². The lowest BCUT2D eigenvalue weighted by atomic mass is 9.92. The minimum atomic E-state index is -0.534. The summed E-state index contributed by atoms with van der Waals surface area (Å²) in [5.41, 5.74) is 1.63. The van der Waals surface area contributed by atoms with E-state index < -0.39 is 5.82 Å². The largest absolute Gasteiger partial charge is 0.373 e. The van der Waals surface area contributed by atoms with Gasteiger partial charge in [-0.15, -0.1) is 0 Å². The first-order valence-corrected chi connectivity index (χ1v) is 11.0. The van der Waals surface area contributed by atoms with Gasteiger partial charge in [-0.25, -0.2) is 19.3 Å². The second kappa shape index (κ2) is 8.31. The van der Waals surface area contributed by atoms with Crippen LogP contribution < -0.4 is 5.56 Å². The summed E-state index contributed by atoms with van der Waals surface area (Å²) >= 11 is 5.96. The third-order valence-electron chi connectivity index (χ3n) is 6.10. The Kier molecular flexibility index (Phi) is 5.46. The van der Waals surface area contributed by atoms with Crippen LogP contribution in [0, 0.1) is 12.7 Å². The number of hydrogen-bond donors (Lipinski definition) is 0. The zero-order valence-electron chi connectivity index (χ0n) is 18.4. The Hall–Kier alpha value is -3.17. The Labute approximate surface area is 194 Å². The predicted octanol–water partition coefficient (Wildman–Crippen LogP) is 3.86. The third kappa shape index (κ3) is 3.91. The van der Waals surface area contributed by atoms with Gasteiger partial charge in [-0.3, -0.25) is 14.0 Å². The van der Waals surface area contributed by atoms with Crippen LogP contribution in [0.1, 0.15) is 42.1 Å². The van der Waals surface area contributed by atoms with Crippen molar-refractivity contribution in [3.05, 3.63) is 69.0 Å². The van der Waals surface area contributed by atoms with E-state index in [1.165, 1.54) is 10.6 Å². The van der Waals surface area contributed by atoms with Gasteiger partial charge in [-0.1, -0.05) is 11.6 Å². The molecule has 0 aliphatic carbocycles. The minimum Gasteiger partial charge on any atom is -0.373 e. The molecule has 8 nitrogen and oxygen atoms in total. The molecule has 170 valence electrons. The molecular formula is C23H22ClFN6O2. The highest BCUT2D eigenvalue weighted by molar-refractivity contribution is 6.30. The monoisotopic (exact) mass is 468 g/mol. The van der Waals surface area contributed by atoms with Crippen LogP contribution >= 0.6 is 11.6 Å². The zero-order valence-corrected chi connectivity index (χ0v) is 19.2. The number of rotatable bonds is 3. The third-order valence-corrected chi connectivity index (χ3v) is 6.33. The Morgan fingerprint density at radius 2 is 2.00 bits per heavy atom. The predicted molar refractivity (Wildman–Crippen MR) is 122 cm³/mol. The number of aromatic nitrogens is 6. The van der Waals surface area contributed by atoms with Gasteiger partial charge < -0.3 is 4.74 Å². The molecule has 33 heavy (non-hydrogen) atoms. The van der Waals surface area contributed by atoms with Crippen molar-refractivity contribution in [2.45, 2.75) is 31.8 Å². The van der Waals surface area contributed by atoms with Crippen molar-refractivity contribution in [2.75, 3.05) is 6.61 Å². The first-order chi connectivity index (χ1) is 15.8. The number of halogens is 2. The summed E-state index contributed by atoms with van der Waals surface area (Å²) in [4.78, 5) is 27.0. The molecule has 3 aromatic heterocycles. The fourth-order valence-corrected chi connectivity index (χ4v) is 4.35. The highest BCUT2D eigenvalue weighted by atomic mass is 35.5. The zero-order chi connectivity index (χ0) is 23.3. The molecule has 4 heterocycles. The van der Waals surface area contributed by atoms with Crippen molar-refractivity contribution in [3.63, 3.8) is 0 Å². The van der Waals surface area contributed by atoms with Crippen LogP contribution in [0.25, 0.3) is 22.3 Å². The molecule has 0 unspecified atom stereocenters. The fraction of sp³-hybridized carbons (Fsp3) is 0.348. The van der Waals surface area contributed by atoms with Gasteiger partial charge in [0.1, 0.15) is 28.7 Å². The summed E-state index contributed by atoms with van der Waals surface area (Å²) in [5.74, 6) is 0.358. The molecule has 5 rings (SSSR count). The van der Waals surface area contributed by atoms with Crippen LogP contribution in [-0.2, 0) is 18.8 Å². The number of aryl methyl sites for hydroxylation is 2. The molecule has 2 atom stereocenters. The summed E-state index contributed by atoms with van der Waals surface area (Å²) in [7, 11) is 3.50. The van der Waals surface area contributed by atoms with Crippen molar-refractivity contribution in [1.29, 1.82) is 0 Å². The average molecular weight is 469 g/mol. The van der Waals surface area contributed by atoms with Crippen molar-refractivity contribution in [3.8, 4) is 11.3 Å². The first-order valence-electron chi connectivity index (χ1n) is 10.6. The van der Waals surface area contributed by atoms with Gasteiger partial charge in [-0.2, -0.15) is 5.10 Å². The number of hydrogen-bond acceptors (Lipinski definition) is 6. The second-order valence-electron chi connectivity index (χ2n) is 8.30. The van der Waals surface area contributed by atoms with Gasteiger partial charge in [0.05, 0.1) is 12.3 Å². The van der Waals surface area contributed by atoms with Crippen LogP contribution in [0.5, 0.6) is 0 Å². The number of nitrogens with zero attached hydrogens (tertiary/aromatic N) is 6. The van der Waals surface area contributed by atoms with Gasteiger partial charge in [0, 0.05) is 49.0 Å². The average Bonchev–Trinajstić information content (AvgIpc) is 3.24. The second-order valence-corrected chi connectivity index (χ2v) is 8.74. The topological polar surface area (TPSA) is 87.7 Å². The molecular weight excluding hydrogens is 447 g/mol. The van der Waals surface area contributed by atoms with Gasteiger partial charge in [-0.05, 0) is 38.0 Å². The quantitative estimate of drug-likeness (QED) is 0.453. The van der Waals surface area contributed by atoms with Crippen molar-refractivity contribution in [2.24, 2.45) is 14.1 Å². The van der Waals surface area contributed by atoms with Crippen molar-refractivity contribution >= 4 is 22.6 Å². The van der Waals surface area contributed by atoms with Crippen LogP contribution in [0.3, 0.4) is 0 Å². The standard InChI is InChI=1S/C23H22ClFN6O2/c1-12-27-20-19(16-5-4-15(24)9-17(16)25)28-22(29-21(20)23(32)31(12)3)13-6-7-33-18(8-13)14-10-26-30(2)11-14/h4-5,9-11,13,18H,6-8H2,1-3H3/t13-,18+/m1/s1. The summed E-state index contributed by atoms with van der Waals surface area (Å²) in [6.07, 6.45) is 4.85. The smallest absolute Gasteiger partial charge is 0.279 e. The summed E-state index contributed by atoms with van der Waals surface area (Å²) in [6.45, 7) is 2.23. The summed E-state index contributed by atoms with van der Waals surface area (Å²) in [6, 6.07) is 4.37. The maximum absolute atomic E-state index is 14.9. The highest BCUT2D eigenvalue weighted by Gasteiger charge is 2.29. The van der Waals surface area contributed by atoms with E-state index in [9.17, 15) is 9.18 Å². The highest BCUT2D eigenvalue weighted by Crippen LogP contribution is 2.37. The SMILES string of the molecule is Cc1nc2c(-c3ccc(Cl)cc3F)nc([C@@H]3CCO[C@H](c4cnn(C)c4)C3)nc2c(=O)n1C. The summed E-state index contributed by atoms with van der Waals surface area (Å²) in [5, 5.41) is 4.51. The Morgan fingerprint density at radius 3 is 2.73 bits per heavy atom. The van der Waals surface area contributed by atoms with E-state index in [-0.39, 0.29) is 44.9 Å². The molecule has 1 aromatic carbocycles. The molecule has 10 heteroatoms. The van der Waals surface area contributed by atoms with E-state index in [0.717, 1.165) is 5.56 Å². The van der Waals surface area contributed by atoms with Crippen LogP contribution in [0.2, 0.25) is 5.02 Å². The molecule has 0 N–H and O–H groups in total. The molecule has 0 amide bonds. The molecule has 1 saturated heterocycles. The molecule has 1 fully saturated rings. The Bertz CT molecular complexity index is 1430.